The summed E-state index contributed by atoms with van der Waals surface area (Å²) in [5, 5.41) is 3.62. The highest BCUT2D eigenvalue weighted by molar-refractivity contribution is 6.20. The minimum atomic E-state index is -0.414. The molecule has 0 saturated carbocycles. The third-order valence-electron chi connectivity index (χ3n) is 15.3. The molecule has 0 unspecified atom stereocenters. The summed E-state index contributed by atoms with van der Waals surface area (Å²) in [5.74, 6) is 0. The van der Waals surface area contributed by atoms with E-state index in [2.05, 4.69) is 224 Å². The van der Waals surface area contributed by atoms with Gasteiger partial charge in [0.1, 0.15) is 0 Å². The average Bonchev–Trinajstić information content (AvgIpc) is 4.05. The minimum absolute atomic E-state index is 0.392. The minimum Gasteiger partial charge on any atom is -0.247 e. The Balaban J connectivity index is 0.961. The fraction of sp³-hybridized carbons (Fsp3) is 0.0317. The number of hydrogen-bond acceptors (Lipinski definition) is 1. The van der Waals surface area contributed by atoms with Gasteiger partial charge in [-0.3, -0.25) is 0 Å². The molecule has 64 heavy (non-hydrogen) atoms. The van der Waals surface area contributed by atoms with Crippen LogP contribution >= 0.6 is 0 Å². The van der Waals surface area contributed by atoms with Crippen LogP contribution in [-0.4, -0.2) is 4.98 Å². The van der Waals surface area contributed by atoms with Crippen molar-refractivity contribution in [3.05, 3.63) is 269 Å². The molecule has 1 heteroatoms. The molecule has 4 aliphatic rings. The second-order valence-corrected chi connectivity index (χ2v) is 18.0. The van der Waals surface area contributed by atoms with Gasteiger partial charge in [0.15, 0.2) is 0 Å². The molecular formula is C63H37N. The summed E-state index contributed by atoms with van der Waals surface area (Å²) < 4.78 is 0. The quantitative estimate of drug-likeness (QED) is 0.159. The van der Waals surface area contributed by atoms with Crippen LogP contribution in [0.2, 0.25) is 0 Å². The van der Waals surface area contributed by atoms with Gasteiger partial charge >= 0.3 is 0 Å². The Hall–Kier alpha value is -8.13. The Kier molecular flexibility index (Phi) is 6.61. The largest absolute Gasteiger partial charge is 0.247 e. The van der Waals surface area contributed by atoms with Crippen molar-refractivity contribution in [1.29, 1.82) is 0 Å². The molecule has 15 rings (SSSR count). The average molecular weight is 808 g/mol. The van der Waals surface area contributed by atoms with Gasteiger partial charge in [-0.05, 0) is 118 Å². The molecule has 1 aromatic heterocycles. The van der Waals surface area contributed by atoms with Crippen molar-refractivity contribution >= 4 is 21.7 Å². The van der Waals surface area contributed by atoms with E-state index in [-0.39, 0.29) is 0 Å². The van der Waals surface area contributed by atoms with Crippen molar-refractivity contribution in [1.82, 2.24) is 4.98 Å². The van der Waals surface area contributed by atoms with E-state index in [1.54, 1.807) is 0 Å². The molecule has 4 aliphatic carbocycles. The van der Waals surface area contributed by atoms with E-state index in [1.165, 1.54) is 116 Å². The highest BCUT2D eigenvalue weighted by Gasteiger charge is 2.53. The second-order valence-electron chi connectivity index (χ2n) is 18.0. The Morgan fingerprint density at radius 3 is 1.28 bits per heavy atom. The van der Waals surface area contributed by atoms with Gasteiger partial charge in [0.25, 0.3) is 0 Å². The van der Waals surface area contributed by atoms with E-state index in [0.717, 1.165) is 16.8 Å². The zero-order chi connectivity index (χ0) is 41.7. The van der Waals surface area contributed by atoms with Crippen LogP contribution in [-0.2, 0) is 10.8 Å². The predicted octanol–water partition coefficient (Wildman–Crippen LogP) is 15.4. The molecule has 0 saturated heterocycles. The Morgan fingerprint density at radius 2 is 0.703 bits per heavy atom. The molecule has 0 radical (unpaired) electrons. The molecule has 0 aliphatic heterocycles. The van der Waals surface area contributed by atoms with E-state index in [1.807, 2.05) is 0 Å². The Morgan fingerprint density at radius 1 is 0.266 bits per heavy atom. The highest BCUT2D eigenvalue weighted by atomic mass is 14.7. The van der Waals surface area contributed by atoms with Crippen molar-refractivity contribution < 1.29 is 0 Å². The second kappa shape index (κ2) is 12.3. The van der Waals surface area contributed by atoms with Crippen molar-refractivity contribution in [3.8, 4) is 66.9 Å². The molecule has 0 atom stereocenters. The molecule has 294 valence electrons. The molecule has 10 aromatic carbocycles. The summed E-state index contributed by atoms with van der Waals surface area (Å²) in [6, 6.07) is 84.3. The fourth-order valence-corrected chi connectivity index (χ4v) is 13.0. The lowest BCUT2D eigenvalue weighted by atomic mass is 9.70. The van der Waals surface area contributed by atoms with E-state index in [4.69, 9.17) is 4.98 Å². The molecule has 0 bridgehead atoms. The van der Waals surface area contributed by atoms with Gasteiger partial charge in [-0.25, -0.2) is 4.98 Å². The smallest absolute Gasteiger partial charge is 0.0788 e. The van der Waals surface area contributed by atoms with Crippen LogP contribution in [0, 0.1) is 0 Å². The van der Waals surface area contributed by atoms with Gasteiger partial charge in [0.05, 0.1) is 22.0 Å². The monoisotopic (exact) mass is 807 g/mol. The highest BCUT2D eigenvalue weighted by Crippen LogP contribution is 2.65. The van der Waals surface area contributed by atoms with Crippen molar-refractivity contribution in [3.63, 3.8) is 0 Å². The number of hydrogen-bond donors (Lipinski definition) is 0. The summed E-state index contributed by atoms with van der Waals surface area (Å²) in [4.78, 5) is 5.54. The Labute approximate surface area is 371 Å². The van der Waals surface area contributed by atoms with Crippen molar-refractivity contribution in [2.24, 2.45) is 0 Å². The lowest BCUT2D eigenvalue weighted by Crippen LogP contribution is -2.25. The van der Waals surface area contributed by atoms with E-state index >= 15 is 0 Å². The van der Waals surface area contributed by atoms with Gasteiger partial charge in [0, 0.05) is 21.7 Å². The SMILES string of the molecule is c1cc(-c2ccc3c(c2)C2(c4ccccc4-c4ccccc42)c2ccccc2-3)cc(-c2nc3ccccc3c3c4c(ccc23)C2(c3ccccc3-c3ccccc32)c2ccccc2-4)c1. The first-order chi connectivity index (χ1) is 31.8. The fourth-order valence-electron chi connectivity index (χ4n) is 13.0. The number of para-hydroxylation sites is 1. The first-order valence-corrected chi connectivity index (χ1v) is 22.5. The number of rotatable bonds is 2. The van der Waals surface area contributed by atoms with Crippen LogP contribution in [0.25, 0.3) is 88.6 Å². The zero-order valence-corrected chi connectivity index (χ0v) is 34.8. The zero-order valence-electron chi connectivity index (χ0n) is 34.8. The number of fused-ring (bicyclic) bond motifs is 24. The molecule has 1 nitrogen and oxygen atoms in total. The lowest BCUT2D eigenvalue weighted by molar-refractivity contribution is 0.794. The number of nitrogens with zero attached hydrogens (tertiary/aromatic N) is 1. The molecular weight excluding hydrogens is 771 g/mol. The summed E-state index contributed by atoms with van der Waals surface area (Å²) in [5.41, 5.74) is 26.1. The lowest BCUT2D eigenvalue weighted by Gasteiger charge is -2.30. The Bertz CT molecular complexity index is 3760. The van der Waals surface area contributed by atoms with E-state index in [9.17, 15) is 0 Å². The summed E-state index contributed by atoms with van der Waals surface area (Å²) in [7, 11) is 0. The first-order valence-electron chi connectivity index (χ1n) is 22.5. The van der Waals surface area contributed by atoms with Crippen molar-refractivity contribution in [2.45, 2.75) is 10.8 Å². The molecule has 1 heterocycles. The molecule has 0 N–H and O–H groups in total. The molecule has 11 aromatic rings. The third-order valence-corrected chi connectivity index (χ3v) is 15.3. The van der Waals surface area contributed by atoms with Crippen LogP contribution in [0.4, 0.5) is 0 Å². The van der Waals surface area contributed by atoms with Gasteiger partial charge in [-0.15, -0.1) is 0 Å². The standard InChI is InChI=1S/C63H37N/c1-8-25-50-41(18-1)42-19-2-9-26-51(42)62(50)55-30-13-6-23-47(55)60-56(62)35-34-49-59(60)48-24-7-14-31-58(48)64-61(49)40-17-15-16-38(36-40)39-32-33-46-45-22-5-12-29-54(45)63(57(46)37-39)52-27-10-3-20-43(52)44-21-4-11-28-53(44)63/h1-37H. The number of aromatic nitrogens is 1. The normalized spacial score (nSPS) is 14.5. The van der Waals surface area contributed by atoms with E-state index in [0.29, 0.717) is 0 Å². The van der Waals surface area contributed by atoms with Gasteiger partial charge < -0.3 is 0 Å². The molecule has 0 fully saturated rings. The van der Waals surface area contributed by atoms with Crippen LogP contribution in [0.3, 0.4) is 0 Å². The predicted molar refractivity (Wildman–Crippen MR) is 263 cm³/mol. The molecule has 2 spiro atoms. The van der Waals surface area contributed by atoms with Crippen LogP contribution in [0.1, 0.15) is 44.5 Å². The van der Waals surface area contributed by atoms with Crippen molar-refractivity contribution in [2.75, 3.05) is 0 Å². The van der Waals surface area contributed by atoms with Gasteiger partial charge in [-0.1, -0.05) is 206 Å². The molecule has 0 amide bonds. The summed E-state index contributed by atoms with van der Waals surface area (Å²) in [6.45, 7) is 0. The maximum absolute atomic E-state index is 5.54. The third kappa shape index (κ3) is 4.05. The van der Waals surface area contributed by atoms with Gasteiger partial charge in [-0.2, -0.15) is 0 Å². The summed E-state index contributed by atoms with van der Waals surface area (Å²) in [6.07, 6.45) is 0. The van der Waals surface area contributed by atoms with Crippen LogP contribution in [0.5, 0.6) is 0 Å². The maximum Gasteiger partial charge on any atom is 0.0788 e. The van der Waals surface area contributed by atoms with Crippen LogP contribution in [0.15, 0.2) is 224 Å². The first kappa shape index (κ1) is 34.5. The topological polar surface area (TPSA) is 12.9 Å². The number of benzene rings is 10. The van der Waals surface area contributed by atoms with E-state index < -0.39 is 10.8 Å². The number of pyridine rings is 1. The summed E-state index contributed by atoms with van der Waals surface area (Å²) >= 11 is 0. The maximum atomic E-state index is 5.54. The van der Waals surface area contributed by atoms with Gasteiger partial charge in [0.2, 0.25) is 0 Å². The van der Waals surface area contributed by atoms with Crippen LogP contribution < -0.4 is 0 Å².